The fraction of sp³-hybridized carbons (Fsp3) is 0.562. The Labute approximate surface area is 126 Å². The third-order valence-electron chi connectivity index (χ3n) is 2.75. The molecule has 0 saturated carbocycles. The average molecular weight is 298 g/mol. The molecule has 112 valence electrons. The van der Waals surface area contributed by atoms with Crippen molar-refractivity contribution in [1.29, 1.82) is 0 Å². The lowest BCUT2D eigenvalue weighted by Gasteiger charge is -2.18. The maximum absolute atomic E-state index is 12.2. The number of hydrogen-bond acceptors (Lipinski definition) is 2. The van der Waals surface area contributed by atoms with Gasteiger partial charge in [0.25, 0.3) is 5.91 Å². The van der Waals surface area contributed by atoms with E-state index in [1.165, 1.54) is 0 Å². The summed E-state index contributed by atoms with van der Waals surface area (Å²) in [7, 11) is 0. The summed E-state index contributed by atoms with van der Waals surface area (Å²) in [5.74, 6) is 1.52. The van der Waals surface area contributed by atoms with Crippen molar-refractivity contribution in [2.24, 2.45) is 5.92 Å². The first kappa shape index (κ1) is 16.8. The minimum atomic E-state index is -0.106. The van der Waals surface area contributed by atoms with Crippen molar-refractivity contribution >= 4 is 17.5 Å². The highest BCUT2D eigenvalue weighted by molar-refractivity contribution is 6.18. The molecule has 0 heterocycles. The van der Waals surface area contributed by atoms with Crippen molar-refractivity contribution in [3.63, 3.8) is 0 Å². The highest BCUT2D eigenvalue weighted by atomic mass is 35.5. The number of carbonyl (C=O) groups is 1. The monoisotopic (exact) mass is 297 g/mol. The molecular formula is C16H24ClNO2. The van der Waals surface area contributed by atoms with Gasteiger partial charge in [-0.2, -0.15) is 0 Å². The standard InChI is InChI=1S/C16H24ClNO2/c1-11(2)8-14(10-17)18-16(19)13-6-5-7-15(9-13)20-12(3)4/h5-7,9,11-12,14H,8,10H2,1-4H3,(H,18,19). The van der Waals surface area contributed by atoms with Gasteiger partial charge < -0.3 is 10.1 Å². The van der Waals surface area contributed by atoms with Crippen molar-refractivity contribution in [3.05, 3.63) is 29.8 Å². The second-order valence-electron chi connectivity index (χ2n) is 5.65. The maximum Gasteiger partial charge on any atom is 0.251 e. The van der Waals surface area contributed by atoms with E-state index in [9.17, 15) is 4.79 Å². The summed E-state index contributed by atoms with van der Waals surface area (Å²) < 4.78 is 5.59. The van der Waals surface area contributed by atoms with Crippen LogP contribution < -0.4 is 10.1 Å². The highest BCUT2D eigenvalue weighted by Gasteiger charge is 2.14. The van der Waals surface area contributed by atoms with Gasteiger partial charge in [0.2, 0.25) is 0 Å². The molecule has 0 spiro atoms. The molecule has 1 N–H and O–H groups in total. The second kappa shape index (κ2) is 8.15. The average Bonchev–Trinajstić information content (AvgIpc) is 2.36. The van der Waals surface area contributed by atoms with Crippen LogP contribution in [-0.2, 0) is 0 Å². The van der Waals surface area contributed by atoms with Gasteiger partial charge in [-0.1, -0.05) is 19.9 Å². The third kappa shape index (κ3) is 5.83. The van der Waals surface area contributed by atoms with Gasteiger partial charge >= 0.3 is 0 Å². The van der Waals surface area contributed by atoms with Gasteiger partial charge in [0.15, 0.2) is 0 Å². The maximum atomic E-state index is 12.2. The minimum absolute atomic E-state index is 0.00107. The summed E-state index contributed by atoms with van der Waals surface area (Å²) in [6.07, 6.45) is 0.960. The lowest BCUT2D eigenvalue weighted by Crippen LogP contribution is -2.37. The molecule has 1 aromatic rings. The molecule has 4 heteroatoms. The first-order valence-electron chi connectivity index (χ1n) is 7.06. The van der Waals surface area contributed by atoms with Gasteiger partial charge in [-0.15, -0.1) is 11.6 Å². The summed E-state index contributed by atoms with van der Waals surface area (Å²) in [5.41, 5.74) is 0.599. The molecule has 0 radical (unpaired) electrons. The van der Waals surface area contributed by atoms with Gasteiger partial charge in [0.05, 0.1) is 6.10 Å². The Bertz CT molecular complexity index is 432. The van der Waals surface area contributed by atoms with Gasteiger partial charge in [-0.3, -0.25) is 4.79 Å². The molecule has 0 aromatic heterocycles. The van der Waals surface area contributed by atoms with Crippen molar-refractivity contribution in [2.75, 3.05) is 5.88 Å². The van der Waals surface area contributed by atoms with Crippen molar-refractivity contribution in [2.45, 2.75) is 46.3 Å². The number of benzene rings is 1. The summed E-state index contributed by atoms with van der Waals surface area (Å²) in [5, 5.41) is 2.97. The zero-order valence-electron chi connectivity index (χ0n) is 12.7. The van der Waals surface area contributed by atoms with E-state index >= 15 is 0 Å². The molecule has 0 aliphatic carbocycles. The topological polar surface area (TPSA) is 38.3 Å². The Hall–Kier alpha value is -1.22. The van der Waals surface area contributed by atoms with Gasteiger partial charge in [0, 0.05) is 17.5 Å². The normalized spacial score (nSPS) is 12.6. The van der Waals surface area contributed by atoms with Gasteiger partial charge in [-0.05, 0) is 44.4 Å². The van der Waals surface area contributed by atoms with Crippen LogP contribution >= 0.6 is 11.6 Å². The molecule has 20 heavy (non-hydrogen) atoms. The molecule has 1 rings (SSSR count). The Kier molecular flexibility index (Phi) is 6.86. The molecule has 0 fully saturated rings. The fourth-order valence-corrected chi connectivity index (χ4v) is 2.18. The van der Waals surface area contributed by atoms with Crippen LogP contribution in [0.1, 0.15) is 44.5 Å². The van der Waals surface area contributed by atoms with E-state index in [-0.39, 0.29) is 18.1 Å². The Morgan fingerprint density at radius 3 is 2.55 bits per heavy atom. The van der Waals surface area contributed by atoms with E-state index in [1.54, 1.807) is 12.1 Å². The van der Waals surface area contributed by atoms with E-state index in [0.29, 0.717) is 23.1 Å². The minimum Gasteiger partial charge on any atom is -0.491 e. The summed E-state index contributed by atoms with van der Waals surface area (Å²) in [4.78, 5) is 12.2. The lowest BCUT2D eigenvalue weighted by molar-refractivity contribution is 0.0936. The van der Waals surface area contributed by atoms with Crippen LogP contribution in [0.2, 0.25) is 0 Å². The van der Waals surface area contributed by atoms with E-state index in [2.05, 4.69) is 19.2 Å². The Morgan fingerprint density at radius 2 is 2.00 bits per heavy atom. The highest BCUT2D eigenvalue weighted by Crippen LogP contribution is 2.15. The Balaban J connectivity index is 2.71. The molecule has 1 amide bonds. The van der Waals surface area contributed by atoms with Crippen LogP contribution in [0.15, 0.2) is 24.3 Å². The zero-order chi connectivity index (χ0) is 15.1. The summed E-state index contributed by atoms with van der Waals surface area (Å²) in [6, 6.07) is 7.22. The van der Waals surface area contributed by atoms with Crippen molar-refractivity contribution < 1.29 is 9.53 Å². The van der Waals surface area contributed by atoms with E-state index in [4.69, 9.17) is 16.3 Å². The fourth-order valence-electron chi connectivity index (χ4n) is 1.98. The van der Waals surface area contributed by atoms with E-state index < -0.39 is 0 Å². The molecule has 0 aliphatic heterocycles. The predicted molar refractivity (Wildman–Crippen MR) is 83.6 cm³/mol. The van der Waals surface area contributed by atoms with Crippen LogP contribution in [0.25, 0.3) is 0 Å². The van der Waals surface area contributed by atoms with Crippen LogP contribution in [0, 0.1) is 5.92 Å². The first-order valence-corrected chi connectivity index (χ1v) is 7.59. The summed E-state index contributed by atoms with van der Waals surface area (Å²) in [6.45, 7) is 8.14. The number of hydrogen-bond donors (Lipinski definition) is 1. The molecule has 1 aromatic carbocycles. The molecule has 0 bridgehead atoms. The predicted octanol–water partition coefficient (Wildman–Crippen LogP) is 3.86. The van der Waals surface area contributed by atoms with Gasteiger partial charge in [-0.25, -0.2) is 0 Å². The zero-order valence-corrected chi connectivity index (χ0v) is 13.4. The number of nitrogens with one attached hydrogen (secondary N) is 1. The Morgan fingerprint density at radius 1 is 1.30 bits per heavy atom. The van der Waals surface area contributed by atoms with Gasteiger partial charge in [0.1, 0.15) is 5.75 Å². The lowest BCUT2D eigenvalue weighted by atomic mass is 10.0. The number of amides is 1. The van der Waals surface area contributed by atoms with Crippen LogP contribution in [0.3, 0.4) is 0 Å². The molecular weight excluding hydrogens is 274 g/mol. The second-order valence-corrected chi connectivity index (χ2v) is 5.96. The third-order valence-corrected chi connectivity index (χ3v) is 3.12. The van der Waals surface area contributed by atoms with Crippen LogP contribution in [0.4, 0.5) is 0 Å². The largest absolute Gasteiger partial charge is 0.491 e. The molecule has 1 unspecified atom stereocenters. The molecule has 0 saturated heterocycles. The van der Waals surface area contributed by atoms with E-state index in [1.807, 2.05) is 26.0 Å². The SMILES string of the molecule is CC(C)CC(CCl)NC(=O)c1cccc(OC(C)C)c1. The number of rotatable bonds is 7. The smallest absolute Gasteiger partial charge is 0.251 e. The number of carbonyl (C=O) groups excluding carboxylic acids is 1. The van der Waals surface area contributed by atoms with E-state index in [0.717, 1.165) is 6.42 Å². The number of alkyl halides is 1. The van der Waals surface area contributed by atoms with Crippen LogP contribution in [0.5, 0.6) is 5.75 Å². The molecule has 3 nitrogen and oxygen atoms in total. The van der Waals surface area contributed by atoms with Crippen molar-refractivity contribution in [1.82, 2.24) is 5.32 Å². The number of ether oxygens (including phenoxy) is 1. The quantitative estimate of drug-likeness (QED) is 0.776. The van der Waals surface area contributed by atoms with Crippen molar-refractivity contribution in [3.8, 4) is 5.75 Å². The van der Waals surface area contributed by atoms with Crippen LogP contribution in [-0.4, -0.2) is 23.9 Å². The number of halogens is 1. The first-order chi connectivity index (χ1) is 9.42. The molecule has 1 atom stereocenters. The molecule has 0 aliphatic rings. The summed E-state index contributed by atoms with van der Waals surface area (Å²) >= 11 is 5.90.